The van der Waals surface area contributed by atoms with Crippen molar-refractivity contribution in [1.29, 1.82) is 0 Å². The van der Waals surface area contributed by atoms with Gasteiger partial charge in [0.2, 0.25) is 0 Å². The third-order valence-electron chi connectivity index (χ3n) is 2.66. The van der Waals surface area contributed by atoms with E-state index in [1.807, 2.05) is 0 Å². The van der Waals surface area contributed by atoms with Gasteiger partial charge in [-0.2, -0.15) is 0 Å². The van der Waals surface area contributed by atoms with E-state index in [0.29, 0.717) is 25.7 Å². The lowest BCUT2D eigenvalue weighted by molar-refractivity contribution is -0.140. The molecule has 16 heavy (non-hydrogen) atoms. The topological polar surface area (TPSA) is 52.6 Å². The fraction of sp³-hybridized carbons (Fsp3) is 0.667. The average molecular weight is 226 g/mol. The van der Waals surface area contributed by atoms with Crippen molar-refractivity contribution >= 4 is 11.8 Å². The first-order valence-electron chi connectivity index (χ1n) is 5.53. The van der Waals surface area contributed by atoms with Gasteiger partial charge in [0.05, 0.1) is 13.2 Å². The van der Waals surface area contributed by atoms with Gasteiger partial charge in [-0.15, -0.1) is 6.58 Å². The van der Waals surface area contributed by atoms with Crippen LogP contribution in [0.5, 0.6) is 0 Å². The third kappa shape index (κ3) is 3.77. The Kier molecular flexibility index (Phi) is 5.19. The van der Waals surface area contributed by atoms with Gasteiger partial charge in [0.15, 0.2) is 5.78 Å². The molecule has 2 atom stereocenters. The molecule has 1 saturated heterocycles. The number of esters is 1. The summed E-state index contributed by atoms with van der Waals surface area (Å²) in [6.07, 6.45) is 4.19. The van der Waals surface area contributed by atoms with E-state index in [1.165, 1.54) is 7.11 Å². The molecule has 1 rings (SSSR count). The standard InChI is InChI=1S/C12H18O4/c1-3-5-11-10(13)8-9(16-11)6-4-7-12(14)15-2/h3,9,11H,1,4-8H2,2H3/t9-,11-/m0/s1. The molecule has 0 unspecified atom stereocenters. The summed E-state index contributed by atoms with van der Waals surface area (Å²) in [7, 11) is 1.37. The molecule has 1 fully saturated rings. The van der Waals surface area contributed by atoms with Gasteiger partial charge in [-0.25, -0.2) is 0 Å². The maximum absolute atomic E-state index is 11.5. The number of Topliss-reactive ketones (excluding diaryl/α,β-unsaturated/α-hetero) is 1. The van der Waals surface area contributed by atoms with Crippen molar-refractivity contribution in [3.05, 3.63) is 12.7 Å². The number of ketones is 1. The molecule has 0 aromatic carbocycles. The molecular weight excluding hydrogens is 208 g/mol. The quantitative estimate of drug-likeness (QED) is 0.510. The Balaban J connectivity index is 2.22. The molecule has 0 aliphatic carbocycles. The molecular formula is C12H18O4. The number of carbonyl (C=O) groups is 2. The second-order valence-corrected chi connectivity index (χ2v) is 3.91. The van der Waals surface area contributed by atoms with Gasteiger partial charge in [0.1, 0.15) is 6.10 Å². The van der Waals surface area contributed by atoms with E-state index in [2.05, 4.69) is 11.3 Å². The maximum atomic E-state index is 11.5. The highest BCUT2D eigenvalue weighted by Crippen LogP contribution is 2.23. The molecule has 0 amide bonds. The Morgan fingerprint density at radius 3 is 3.06 bits per heavy atom. The van der Waals surface area contributed by atoms with Gasteiger partial charge >= 0.3 is 5.97 Å². The van der Waals surface area contributed by atoms with Gasteiger partial charge in [0, 0.05) is 12.8 Å². The van der Waals surface area contributed by atoms with Crippen LogP contribution in [0.15, 0.2) is 12.7 Å². The number of methoxy groups -OCH3 is 1. The molecule has 0 aromatic heterocycles. The highest BCUT2D eigenvalue weighted by atomic mass is 16.5. The molecule has 0 spiro atoms. The molecule has 0 saturated carbocycles. The van der Waals surface area contributed by atoms with E-state index in [1.54, 1.807) is 6.08 Å². The summed E-state index contributed by atoms with van der Waals surface area (Å²) in [5.74, 6) is -0.0741. The van der Waals surface area contributed by atoms with Gasteiger partial charge < -0.3 is 9.47 Å². The van der Waals surface area contributed by atoms with Crippen molar-refractivity contribution < 1.29 is 19.1 Å². The second kappa shape index (κ2) is 6.43. The molecule has 1 aliphatic heterocycles. The second-order valence-electron chi connectivity index (χ2n) is 3.91. The summed E-state index contributed by atoms with van der Waals surface area (Å²) in [5.41, 5.74) is 0. The summed E-state index contributed by atoms with van der Waals surface area (Å²) in [6.45, 7) is 3.59. The Morgan fingerprint density at radius 1 is 1.69 bits per heavy atom. The van der Waals surface area contributed by atoms with Crippen LogP contribution in [0, 0.1) is 0 Å². The molecule has 4 heteroatoms. The number of ether oxygens (including phenoxy) is 2. The summed E-state index contributed by atoms with van der Waals surface area (Å²) < 4.78 is 10.1. The van der Waals surface area contributed by atoms with Crippen LogP contribution in [0.3, 0.4) is 0 Å². The largest absolute Gasteiger partial charge is 0.469 e. The zero-order valence-electron chi connectivity index (χ0n) is 9.61. The highest BCUT2D eigenvalue weighted by Gasteiger charge is 2.31. The summed E-state index contributed by atoms with van der Waals surface area (Å²) >= 11 is 0. The molecule has 0 radical (unpaired) electrons. The van der Waals surface area contributed by atoms with Crippen LogP contribution < -0.4 is 0 Å². The van der Waals surface area contributed by atoms with Gasteiger partial charge in [-0.05, 0) is 19.3 Å². The van der Waals surface area contributed by atoms with Gasteiger partial charge in [-0.3, -0.25) is 9.59 Å². The van der Waals surface area contributed by atoms with Crippen molar-refractivity contribution in [2.24, 2.45) is 0 Å². The lowest BCUT2D eigenvalue weighted by Crippen LogP contribution is -2.14. The van der Waals surface area contributed by atoms with Crippen LogP contribution in [0.2, 0.25) is 0 Å². The third-order valence-corrected chi connectivity index (χ3v) is 2.66. The number of hydrogen-bond donors (Lipinski definition) is 0. The molecule has 90 valence electrons. The minimum Gasteiger partial charge on any atom is -0.469 e. The predicted octanol–water partition coefficient (Wildman–Crippen LogP) is 1.63. The fourth-order valence-electron chi connectivity index (χ4n) is 1.80. The van der Waals surface area contributed by atoms with Crippen molar-refractivity contribution in [3.63, 3.8) is 0 Å². The van der Waals surface area contributed by atoms with Crippen LogP contribution >= 0.6 is 0 Å². The Morgan fingerprint density at radius 2 is 2.44 bits per heavy atom. The Hall–Kier alpha value is -1.16. The van der Waals surface area contributed by atoms with E-state index in [0.717, 1.165) is 6.42 Å². The fourth-order valence-corrected chi connectivity index (χ4v) is 1.80. The van der Waals surface area contributed by atoms with E-state index in [9.17, 15) is 9.59 Å². The summed E-state index contributed by atoms with van der Waals surface area (Å²) in [6, 6.07) is 0. The first-order chi connectivity index (χ1) is 7.67. The minimum atomic E-state index is -0.319. The van der Waals surface area contributed by atoms with Crippen molar-refractivity contribution in [2.75, 3.05) is 7.11 Å². The molecule has 4 nitrogen and oxygen atoms in total. The van der Waals surface area contributed by atoms with Crippen LogP contribution in [0.4, 0.5) is 0 Å². The van der Waals surface area contributed by atoms with Crippen LogP contribution in [0.25, 0.3) is 0 Å². The molecule has 0 bridgehead atoms. The number of hydrogen-bond acceptors (Lipinski definition) is 4. The van der Waals surface area contributed by atoms with E-state index in [-0.39, 0.29) is 24.0 Å². The molecule has 1 heterocycles. The van der Waals surface area contributed by atoms with E-state index in [4.69, 9.17) is 4.74 Å². The normalized spacial score (nSPS) is 24.4. The van der Waals surface area contributed by atoms with Crippen LogP contribution in [0.1, 0.15) is 32.1 Å². The monoisotopic (exact) mass is 226 g/mol. The van der Waals surface area contributed by atoms with E-state index >= 15 is 0 Å². The number of carbonyl (C=O) groups excluding carboxylic acids is 2. The van der Waals surface area contributed by atoms with Crippen LogP contribution in [-0.4, -0.2) is 31.1 Å². The molecule has 0 aromatic rings. The van der Waals surface area contributed by atoms with Gasteiger partial charge in [0.25, 0.3) is 0 Å². The average Bonchev–Trinajstić information content (AvgIpc) is 2.60. The zero-order valence-corrected chi connectivity index (χ0v) is 9.61. The zero-order chi connectivity index (χ0) is 12.0. The molecule has 1 aliphatic rings. The smallest absolute Gasteiger partial charge is 0.305 e. The van der Waals surface area contributed by atoms with Crippen molar-refractivity contribution in [1.82, 2.24) is 0 Å². The minimum absolute atomic E-state index is 0.0397. The van der Waals surface area contributed by atoms with Gasteiger partial charge in [-0.1, -0.05) is 6.08 Å². The lowest BCUT2D eigenvalue weighted by Gasteiger charge is -2.10. The summed E-state index contributed by atoms with van der Waals surface area (Å²) in [5, 5.41) is 0. The summed E-state index contributed by atoms with van der Waals surface area (Å²) in [4.78, 5) is 22.3. The Bertz CT molecular complexity index is 272. The first-order valence-corrected chi connectivity index (χ1v) is 5.53. The lowest BCUT2D eigenvalue weighted by atomic mass is 10.1. The molecule has 0 N–H and O–H groups in total. The predicted molar refractivity (Wildman–Crippen MR) is 59.0 cm³/mol. The highest BCUT2D eigenvalue weighted by molar-refractivity contribution is 5.85. The van der Waals surface area contributed by atoms with Crippen molar-refractivity contribution in [2.45, 2.75) is 44.3 Å². The maximum Gasteiger partial charge on any atom is 0.305 e. The SMILES string of the molecule is C=CC[C@@H]1O[C@@H](CCCC(=O)OC)CC1=O. The number of rotatable bonds is 6. The van der Waals surface area contributed by atoms with E-state index < -0.39 is 0 Å². The van der Waals surface area contributed by atoms with Crippen molar-refractivity contribution in [3.8, 4) is 0 Å². The Labute approximate surface area is 95.6 Å². The first kappa shape index (κ1) is 12.9. The van der Waals surface area contributed by atoms with Crippen LogP contribution in [-0.2, 0) is 19.1 Å².